The van der Waals surface area contributed by atoms with E-state index in [4.69, 9.17) is 0 Å². The normalized spacial score (nSPS) is 18.8. The molecule has 0 radical (unpaired) electrons. The van der Waals surface area contributed by atoms with Crippen LogP contribution in [-0.2, 0) is 11.2 Å². The number of pyridine rings is 1. The van der Waals surface area contributed by atoms with E-state index in [1.54, 1.807) is 22.0 Å². The summed E-state index contributed by atoms with van der Waals surface area (Å²) in [6, 6.07) is 9.42. The second-order valence-electron chi connectivity index (χ2n) is 6.51. The van der Waals surface area contributed by atoms with E-state index in [2.05, 4.69) is 20.1 Å². The summed E-state index contributed by atoms with van der Waals surface area (Å²) in [4.78, 5) is 26.7. The van der Waals surface area contributed by atoms with E-state index < -0.39 is 6.04 Å². The van der Waals surface area contributed by atoms with Crippen molar-refractivity contribution >= 4 is 17.6 Å². The van der Waals surface area contributed by atoms with Crippen LogP contribution in [0.25, 0.3) is 5.52 Å². The standard InChI is InChI=1S/C19H15N7O/c20-10-16-13(4-6-21-16)19(27)25-8-5-14-17(23-11-22-14)18(25)15-9-12-3-1-2-7-26(12)24-15/h1-3,6-7,9,11,18H,4-5,8H2,(H,22,23)/t18-/m0/s1. The average molecular weight is 357 g/mol. The molecule has 0 saturated carbocycles. The Morgan fingerprint density at radius 2 is 2.30 bits per heavy atom. The number of nitrogens with zero attached hydrogens (tertiary/aromatic N) is 6. The fourth-order valence-corrected chi connectivity index (χ4v) is 3.75. The number of aromatic nitrogens is 4. The summed E-state index contributed by atoms with van der Waals surface area (Å²) < 4.78 is 1.79. The monoisotopic (exact) mass is 357 g/mol. The number of imidazole rings is 1. The third-order valence-corrected chi connectivity index (χ3v) is 5.02. The molecule has 0 unspecified atom stereocenters. The lowest BCUT2D eigenvalue weighted by Gasteiger charge is -2.34. The van der Waals surface area contributed by atoms with Crippen LogP contribution in [0.1, 0.15) is 29.5 Å². The van der Waals surface area contributed by atoms with Crippen molar-refractivity contribution in [2.75, 3.05) is 6.54 Å². The lowest BCUT2D eigenvalue weighted by atomic mass is 9.98. The number of nitriles is 1. The number of carbonyl (C=O) groups is 1. The predicted molar refractivity (Wildman–Crippen MR) is 96.8 cm³/mol. The Hall–Kier alpha value is -3.73. The van der Waals surface area contributed by atoms with Gasteiger partial charge in [-0.2, -0.15) is 10.4 Å². The maximum absolute atomic E-state index is 13.3. The van der Waals surface area contributed by atoms with Crippen LogP contribution >= 0.6 is 0 Å². The third kappa shape index (κ3) is 2.36. The van der Waals surface area contributed by atoms with Gasteiger partial charge >= 0.3 is 0 Å². The van der Waals surface area contributed by atoms with E-state index in [-0.39, 0.29) is 11.6 Å². The fraction of sp³-hybridized carbons (Fsp3) is 0.211. The summed E-state index contributed by atoms with van der Waals surface area (Å²) in [7, 11) is 0. The minimum absolute atomic E-state index is 0.181. The van der Waals surface area contributed by atoms with Gasteiger partial charge in [0.05, 0.1) is 28.8 Å². The number of aliphatic imine (C=N–C) groups is 1. The highest BCUT2D eigenvalue weighted by molar-refractivity contribution is 6.00. The van der Waals surface area contributed by atoms with E-state index in [9.17, 15) is 10.1 Å². The van der Waals surface area contributed by atoms with Crippen molar-refractivity contribution in [2.45, 2.75) is 18.9 Å². The molecule has 0 bridgehead atoms. The highest BCUT2D eigenvalue weighted by Gasteiger charge is 2.37. The Bertz CT molecular complexity index is 1130. The summed E-state index contributed by atoms with van der Waals surface area (Å²) in [6.45, 7) is 0.523. The molecule has 132 valence electrons. The third-order valence-electron chi connectivity index (χ3n) is 5.02. The fourth-order valence-electron chi connectivity index (χ4n) is 3.75. The average Bonchev–Trinajstić information content (AvgIpc) is 3.44. The number of H-pyrrole nitrogens is 1. The molecular weight excluding hydrogens is 342 g/mol. The molecule has 0 fully saturated rings. The molecule has 0 aliphatic carbocycles. The van der Waals surface area contributed by atoms with E-state index >= 15 is 0 Å². The first kappa shape index (κ1) is 15.5. The van der Waals surface area contributed by atoms with Gasteiger partial charge in [0.25, 0.3) is 5.91 Å². The molecule has 8 nitrogen and oxygen atoms in total. The number of hydrogen-bond donors (Lipinski definition) is 1. The first-order valence-corrected chi connectivity index (χ1v) is 8.69. The molecule has 5 rings (SSSR count). The molecule has 5 heterocycles. The van der Waals surface area contributed by atoms with Gasteiger partial charge in [0.1, 0.15) is 17.8 Å². The van der Waals surface area contributed by atoms with Crippen molar-refractivity contribution in [1.29, 1.82) is 5.26 Å². The Labute approximate surface area is 154 Å². The summed E-state index contributed by atoms with van der Waals surface area (Å²) >= 11 is 0. The molecule has 2 aliphatic rings. The first-order valence-electron chi connectivity index (χ1n) is 8.69. The van der Waals surface area contributed by atoms with Crippen molar-refractivity contribution in [3.63, 3.8) is 0 Å². The van der Waals surface area contributed by atoms with Gasteiger partial charge in [-0.1, -0.05) is 6.07 Å². The van der Waals surface area contributed by atoms with Gasteiger partial charge in [-0.3, -0.25) is 4.79 Å². The molecular formula is C19H15N7O. The van der Waals surface area contributed by atoms with Gasteiger partial charge in [0.2, 0.25) is 0 Å². The number of fused-ring (bicyclic) bond motifs is 2. The maximum Gasteiger partial charge on any atom is 0.253 e. The zero-order valence-corrected chi connectivity index (χ0v) is 14.3. The van der Waals surface area contributed by atoms with Crippen LogP contribution in [0.2, 0.25) is 0 Å². The van der Waals surface area contributed by atoms with Crippen molar-refractivity contribution in [2.24, 2.45) is 4.99 Å². The van der Waals surface area contributed by atoms with Gasteiger partial charge in [0.15, 0.2) is 0 Å². The summed E-state index contributed by atoms with van der Waals surface area (Å²) in [6.07, 6.45) is 6.20. The van der Waals surface area contributed by atoms with E-state index in [1.807, 2.05) is 36.5 Å². The number of allylic oxidation sites excluding steroid dienone is 1. The molecule has 1 N–H and O–H groups in total. The Kier molecular flexibility index (Phi) is 3.40. The van der Waals surface area contributed by atoms with Crippen LogP contribution in [0, 0.1) is 11.3 Å². The van der Waals surface area contributed by atoms with Gasteiger partial charge < -0.3 is 9.88 Å². The molecule has 1 atom stereocenters. The summed E-state index contributed by atoms with van der Waals surface area (Å²) in [5.41, 5.74) is 4.14. The second-order valence-corrected chi connectivity index (χ2v) is 6.51. The molecule has 1 amide bonds. The van der Waals surface area contributed by atoms with E-state index in [0.29, 0.717) is 25.0 Å². The molecule has 2 aliphatic heterocycles. The number of carbonyl (C=O) groups excluding carboxylic acids is 1. The van der Waals surface area contributed by atoms with Crippen molar-refractivity contribution in [3.05, 3.63) is 65.1 Å². The topological polar surface area (TPSA) is 102 Å². The number of rotatable bonds is 2. The Balaban J connectivity index is 1.62. The SMILES string of the molecule is N#CC1=C(C(=O)N2CCc3[nH]cnc3[C@@H]2c2cc3ccccn3n2)CC=N1. The Morgan fingerprint density at radius 1 is 1.37 bits per heavy atom. The van der Waals surface area contributed by atoms with Crippen LogP contribution in [0.5, 0.6) is 0 Å². The van der Waals surface area contributed by atoms with Crippen LogP contribution in [0.3, 0.4) is 0 Å². The molecule has 3 aromatic heterocycles. The zero-order chi connectivity index (χ0) is 18.4. The van der Waals surface area contributed by atoms with Crippen LogP contribution in [0.4, 0.5) is 0 Å². The highest BCUT2D eigenvalue weighted by atomic mass is 16.2. The number of aromatic amines is 1. The quantitative estimate of drug-likeness (QED) is 0.755. The van der Waals surface area contributed by atoms with Crippen LogP contribution in [-0.4, -0.2) is 43.1 Å². The maximum atomic E-state index is 13.3. The van der Waals surface area contributed by atoms with Crippen molar-refractivity contribution in [3.8, 4) is 6.07 Å². The first-order chi connectivity index (χ1) is 13.3. The second kappa shape index (κ2) is 5.92. The predicted octanol–water partition coefficient (Wildman–Crippen LogP) is 1.78. The van der Waals surface area contributed by atoms with Gasteiger partial charge in [-0.05, 0) is 18.2 Å². The van der Waals surface area contributed by atoms with Crippen LogP contribution < -0.4 is 0 Å². The van der Waals surface area contributed by atoms with Gasteiger partial charge in [-0.15, -0.1) is 0 Å². The Morgan fingerprint density at radius 3 is 3.15 bits per heavy atom. The van der Waals surface area contributed by atoms with Gasteiger partial charge in [0, 0.05) is 37.5 Å². The number of amides is 1. The van der Waals surface area contributed by atoms with Crippen molar-refractivity contribution < 1.29 is 4.79 Å². The molecule has 8 heteroatoms. The highest BCUT2D eigenvalue weighted by Crippen LogP contribution is 2.35. The van der Waals surface area contributed by atoms with E-state index in [0.717, 1.165) is 22.6 Å². The summed E-state index contributed by atoms with van der Waals surface area (Å²) in [5, 5.41) is 13.9. The van der Waals surface area contributed by atoms with Crippen LogP contribution in [0.15, 0.2) is 53.1 Å². The molecule has 3 aromatic rings. The van der Waals surface area contributed by atoms with E-state index in [1.165, 1.54) is 0 Å². The minimum Gasteiger partial charge on any atom is -0.348 e. The van der Waals surface area contributed by atoms with Gasteiger partial charge in [-0.25, -0.2) is 14.5 Å². The molecule has 27 heavy (non-hydrogen) atoms. The summed E-state index contributed by atoms with van der Waals surface area (Å²) in [5.74, 6) is -0.181. The molecule has 0 spiro atoms. The molecule has 0 aromatic carbocycles. The minimum atomic E-state index is -0.402. The number of nitrogens with one attached hydrogen (secondary N) is 1. The lowest BCUT2D eigenvalue weighted by Crippen LogP contribution is -2.41. The number of hydrogen-bond acceptors (Lipinski definition) is 5. The van der Waals surface area contributed by atoms with Crippen molar-refractivity contribution in [1.82, 2.24) is 24.5 Å². The largest absolute Gasteiger partial charge is 0.348 e. The smallest absolute Gasteiger partial charge is 0.253 e. The molecule has 0 saturated heterocycles. The zero-order valence-electron chi connectivity index (χ0n) is 14.3. The lowest BCUT2D eigenvalue weighted by molar-refractivity contribution is -0.129.